The van der Waals surface area contributed by atoms with E-state index in [1.54, 1.807) is 0 Å². The summed E-state index contributed by atoms with van der Waals surface area (Å²) in [7, 11) is 0. The minimum atomic E-state index is -0.116. The third kappa shape index (κ3) is 1.02. The van der Waals surface area contributed by atoms with E-state index in [4.69, 9.17) is 0 Å². The lowest BCUT2D eigenvalue weighted by atomic mass is 9.92. The highest BCUT2D eigenvalue weighted by Gasteiger charge is 2.30. The Kier molecular flexibility index (Phi) is 1.31. The average molecular weight is 164 g/mol. The molecule has 1 aliphatic rings. The monoisotopic (exact) mass is 164 g/mol. The van der Waals surface area contributed by atoms with Crippen LogP contribution in [0.4, 0.5) is 0 Å². The number of amides is 1. The molecule has 0 aromatic carbocycles. The maximum Gasteiger partial charge on any atom is 0.253 e. The molecule has 1 aromatic rings. The number of aromatic amines is 1. The van der Waals surface area contributed by atoms with Gasteiger partial charge in [0.1, 0.15) is 0 Å². The molecular weight excluding hydrogens is 152 g/mol. The van der Waals surface area contributed by atoms with Gasteiger partial charge < -0.3 is 10.3 Å². The van der Waals surface area contributed by atoms with Crippen LogP contribution in [0.5, 0.6) is 0 Å². The number of carbonyl (C=O) groups is 1. The van der Waals surface area contributed by atoms with Crippen LogP contribution in [0.3, 0.4) is 0 Å². The third-order valence-corrected chi connectivity index (χ3v) is 2.15. The highest BCUT2D eigenvalue weighted by molar-refractivity contribution is 5.97. The molecular formula is C9H12N2O. The maximum absolute atomic E-state index is 11.4. The number of nitrogens with one attached hydrogen (secondary N) is 2. The molecule has 64 valence electrons. The Bertz CT molecular complexity index is 325. The highest BCUT2D eigenvalue weighted by Crippen LogP contribution is 2.20. The van der Waals surface area contributed by atoms with Gasteiger partial charge in [-0.2, -0.15) is 0 Å². The van der Waals surface area contributed by atoms with Gasteiger partial charge in [-0.3, -0.25) is 4.79 Å². The van der Waals surface area contributed by atoms with Gasteiger partial charge in [-0.25, -0.2) is 0 Å². The van der Waals surface area contributed by atoms with Crippen molar-refractivity contribution in [2.24, 2.45) is 0 Å². The molecule has 0 fully saturated rings. The Hall–Kier alpha value is -1.25. The molecule has 2 N–H and O–H groups in total. The molecule has 0 aliphatic carbocycles. The summed E-state index contributed by atoms with van der Waals surface area (Å²) in [6, 6.07) is 1.82. The van der Waals surface area contributed by atoms with Gasteiger partial charge in [-0.05, 0) is 19.9 Å². The smallest absolute Gasteiger partial charge is 0.253 e. The van der Waals surface area contributed by atoms with Crippen LogP contribution in [0.1, 0.15) is 29.9 Å². The van der Waals surface area contributed by atoms with Crippen LogP contribution in [-0.2, 0) is 6.42 Å². The van der Waals surface area contributed by atoms with Crippen molar-refractivity contribution < 1.29 is 4.79 Å². The lowest BCUT2D eigenvalue weighted by Crippen LogP contribution is -2.48. The van der Waals surface area contributed by atoms with E-state index in [-0.39, 0.29) is 11.4 Å². The van der Waals surface area contributed by atoms with Gasteiger partial charge in [0.05, 0.1) is 5.56 Å². The van der Waals surface area contributed by atoms with E-state index in [1.165, 1.54) is 0 Å². The van der Waals surface area contributed by atoms with E-state index in [0.29, 0.717) is 0 Å². The van der Waals surface area contributed by atoms with Gasteiger partial charge in [0.2, 0.25) is 0 Å². The van der Waals surface area contributed by atoms with Crippen molar-refractivity contribution in [1.82, 2.24) is 10.3 Å². The second-order valence-corrected chi connectivity index (χ2v) is 3.88. The van der Waals surface area contributed by atoms with E-state index in [2.05, 4.69) is 10.3 Å². The number of carbonyl (C=O) groups excluding carboxylic acids is 1. The second-order valence-electron chi connectivity index (χ2n) is 3.88. The summed E-state index contributed by atoms with van der Waals surface area (Å²) in [5.74, 6) is 0.0301. The van der Waals surface area contributed by atoms with Gasteiger partial charge in [0, 0.05) is 23.9 Å². The first-order valence-electron chi connectivity index (χ1n) is 4.07. The SMILES string of the molecule is CC1(C)Cc2[nH]ccc2C(=O)N1. The molecule has 0 atom stereocenters. The van der Waals surface area contributed by atoms with E-state index < -0.39 is 0 Å². The van der Waals surface area contributed by atoms with Gasteiger partial charge in [0.25, 0.3) is 5.91 Å². The van der Waals surface area contributed by atoms with Crippen LogP contribution in [-0.4, -0.2) is 16.4 Å². The van der Waals surface area contributed by atoms with Crippen LogP contribution < -0.4 is 5.32 Å². The molecule has 0 radical (unpaired) electrons. The minimum Gasteiger partial charge on any atom is -0.364 e. The van der Waals surface area contributed by atoms with E-state index >= 15 is 0 Å². The molecule has 2 rings (SSSR count). The molecule has 0 bridgehead atoms. The molecule has 3 nitrogen and oxygen atoms in total. The second kappa shape index (κ2) is 2.12. The van der Waals surface area contributed by atoms with Gasteiger partial charge in [-0.1, -0.05) is 0 Å². The van der Waals surface area contributed by atoms with Crippen molar-refractivity contribution in [3.63, 3.8) is 0 Å². The quantitative estimate of drug-likeness (QED) is 0.592. The average Bonchev–Trinajstić information content (AvgIpc) is 2.31. The summed E-state index contributed by atoms with van der Waals surface area (Å²) in [4.78, 5) is 14.5. The van der Waals surface area contributed by atoms with Gasteiger partial charge >= 0.3 is 0 Å². The first-order chi connectivity index (χ1) is 5.58. The molecule has 0 saturated heterocycles. The zero-order valence-corrected chi connectivity index (χ0v) is 7.27. The Labute approximate surface area is 71.2 Å². The Morgan fingerprint density at radius 1 is 1.50 bits per heavy atom. The van der Waals surface area contributed by atoms with Crippen molar-refractivity contribution in [3.8, 4) is 0 Å². The minimum absolute atomic E-state index is 0.0301. The molecule has 0 saturated carbocycles. The normalized spacial score (nSPS) is 20.0. The van der Waals surface area contributed by atoms with Crippen LogP contribution in [0.2, 0.25) is 0 Å². The first kappa shape index (κ1) is 7.40. The summed E-state index contributed by atoms with van der Waals surface area (Å²) >= 11 is 0. The standard InChI is InChI=1S/C9H12N2O/c1-9(2)5-7-6(3-4-10-7)8(12)11-9/h3-4,10H,5H2,1-2H3,(H,11,12). The number of aromatic nitrogens is 1. The largest absolute Gasteiger partial charge is 0.364 e. The molecule has 0 spiro atoms. The topological polar surface area (TPSA) is 44.9 Å². The molecule has 1 aromatic heterocycles. The summed E-state index contributed by atoms with van der Waals surface area (Å²) < 4.78 is 0. The fraction of sp³-hybridized carbons (Fsp3) is 0.444. The number of H-pyrrole nitrogens is 1. The highest BCUT2D eigenvalue weighted by atomic mass is 16.1. The lowest BCUT2D eigenvalue weighted by molar-refractivity contribution is 0.0896. The predicted molar refractivity (Wildman–Crippen MR) is 46.0 cm³/mol. The predicted octanol–water partition coefficient (Wildman–Crippen LogP) is 1.08. The number of hydrogen-bond donors (Lipinski definition) is 2. The lowest BCUT2D eigenvalue weighted by Gasteiger charge is -2.30. The van der Waals surface area contributed by atoms with E-state index in [0.717, 1.165) is 17.7 Å². The Balaban J connectivity index is 2.45. The number of hydrogen-bond acceptors (Lipinski definition) is 1. The molecule has 3 heteroatoms. The zero-order chi connectivity index (χ0) is 8.77. The summed E-state index contributed by atoms with van der Waals surface area (Å²) in [6.45, 7) is 4.04. The molecule has 12 heavy (non-hydrogen) atoms. The van der Waals surface area contributed by atoms with E-state index in [1.807, 2.05) is 26.1 Å². The van der Waals surface area contributed by atoms with Crippen LogP contribution in [0, 0.1) is 0 Å². The number of rotatable bonds is 0. The van der Waals surface area contributed by atoms with Crippen molar-refractivity contribution in [2.45, 2.75) is 25.8 Å². The van der Waals surface area contributed by atoms with Crippen LogP contribution in [0.25, 0.3) is 0 Å². The van der Waals surface area contributed by atoms with Gasteiger partial charge in [-0.15, -0.1) is 0 Å². The Morgan fingerprint density at radius 3 is 3.00 bits per heavy atom. The molecule has 0 unspecified atom stereocenters. The fourth-order valence-corrected chi connectivity index (χ4v) is 1.62. The first-order valence-corrected chi connectivity index (χ1v) is 4.07. The zero-order valence-electron chi connectivity index (χ0n) is 7.27. The van der Waals surface area contributed by atoms with Crippen molar-refractivity contribution in [2.75, 3.05) is 0 Å². The van der Waals surface area contributed by atoms with Crippen molar-refractivity contribution in [3.05, 3.63) is 23.5 Å². The maximum atomic E-state index is 11.4. The summed E-state index contributed by atoms with van der Waals surface area (Å²) in [5.41, 5.74) is 1.72. The molecule has 2 heterocycles. The molecule has 1 aliphatic heterocycles. The van der Waals surface area contributed by atoms with Crippen molar-refractivity contribution >= 4 is 5.91 Å². The van der Waals surface area contributed by atoms with E-state index in [9.17, 15) is 4.79 Å². The van der Waals surface area contributed by atoms with Gasteiger partial charge in [0.15, 0.2) is 0 Å². The van der Waals surface area contributed by atoms with Crippen LogP contribution in [0.15, 0.2) is 12.3 Å². The number of fused-ring (bicyclic) bond motifs is 1. The summed E-state index contributed by atoms with van der Waals surface area (Å²) in [5, 5.41) is 2.94. The van der Waals surface area contributed by atoms with Crippen LogP contribution >= 0.6 is 0 Å². The van der Waals surface area contributed by atoms with Crippen molar-refractivity contribution in [1.29, 1.82) is 0 Å². The molecule has 1 amide bonds. The fourth-order valence-electron chi connectivity index (χ4n) is 1.62. The Morgan fingerprint density at radius 2 is 2.25 bits per heavy atom. The third-order valence-electron chi connectivity index (χ3n) is 2.15. The summed E-state index contributed by atoms with van der Waals surface area (Å²) in [6.07, 6.45) is 2.69.